The van der Waals surface area contributed by atoms with E-state index in [0.29, 0.717) is 6.54 Å². The van der Waals surface area contributed by atoms with Crippen LogP contribution in [0.1, 0.15) is 23.6 Å². The molecular weight excluding hydrogens is 226 g/mol. The van der Waals surface area contributed by atoms with Gasteiger partial charge in [0.05, 0.1) is 7.11 Å². The Hall–Kier alpha value is -1.61. The second kappa shape index (κ2) is 5.83. The van der Waals surface area contributed by atoms with E-state index in [1.165, 1.54) is 12.7 Å². The lowest BCUT2D eigenvalue weighted by atomic mass is 9.87. The molecule has 1 aromatic rings. The van der Waals surface area contributed by atoms with E-state index in [9.17, 15) is 4.79 Å². The number of rotatable bonds is 5. The van der Waals surface area contributed by atoms with Gasteiger partial charge in [0.2, 0.25) is 0 Å². The zero-order valence-electron chi connectivity index (χ0n) is 11.5. The number of carbonyl (C=O) groups is 1. The topological polar surface area (TPSA) is 38.3 Å². The fraction of sp³-hybridized carbons (Fsp3) is 0.400. The van der Waals surface area contributed by atoms with Crippen LogP contribution in [-0.4, -0.2) is 19.6 Å². The molecule has 0 radical (unpaired) electrons. The number of hydrogen-bond donors (Lipinski definition) is 1. The van der Waals surface area contributed by atoms with Gasteiger partial charge in [-0.2, -0.15) is 0 Å². The fourth-order valence-electron chi connectivity index (χ4n) is 2.13. The number of carbonyl (C=O) groups excluding carboxylic acids is 1. The van der Waals surface area contributed by atoms with Crippen molar-refractivity contribution < 1.29 is 9.53 Å². The maximum Gasteiger partial charge on any atom is 0.330 e. The summed E-state index contributed by atoms with van der Waals surface area (Å²) in [7, 11) is 1.40. The van der Waals surface area contributed by atoms with Crippen LogP contribution in [0, 0.1) is 13.8 Å². The molecule has 1 unspecified atom stereocenters. The molecule has 0 amide bonds. The van der Waals surface area contributed by atoms with Crippen LogP contribution in [0.2, 0.25) is 0 Å². The highest BCUT2D eigenvalue weighted by molar-refractivity contribution is 5.82. The van der Waals surface area contributed by atoms with Crippen LogP contribution in [0.5, 0.6) is 0 Å². The molecule has 3 nitrogen and oxygen atoms in total. The van der Waals surface area contributed by atoms with Crippen molar-refractivity contribution in [3.63, 3.8) is 0 Å². The van der Waals surface area contributed by atoms with Crippen LogP contribution in [0.15, 0.2) is 30.9 Å². The van der Waals surface area contributed by atoms with Gasteiger partial charge in [-0.3, -0.25) is 5.32 Å². The van der Waals surface area contributed by atoms with E-state index in [1.807, 2.05) is 32.9 Å². The van der Waals surface area contributed by atoms with Gasteiger partial charge in [-0.15, -0.1) is 6.58 Å². The zero-order valence-corrected chi connectivity index (χ0v) is 11.5. The van der Waals surface area contributed by atoms with Crippen molar-refractivity contribution in [2.24, 2.45) is 0 Å². The largest absolute Gasteiger partial charge is 0.467 e. The maximum absolute atomic E-state index is 12.1. The summed E-state index contributed by atoms with van der Waals surface area (Å²) in [6.45, 7) is 10.1. The summed E-state index contributed by atoms with van der Waals surface area (Å²) in [5, 5.41) is 3.18. The van der Waals surface area contributed by atoms with Crippen molar-refractivity contribution >= 4 is 5.97 Å². The average Bonchev–Trinajstić information content (AvgIpc) is 2.34. The van der Waals surface area contributed by atoms with Gasteiger partial charge in [0.1, 0.15) is 5.54 Å². The summed E-state index contributed by atoms with van der Waals surface area (Å²) in [4.78, 5) is 12.1. The van der Waals surface area contributed by atoms with E-state index in [-0.39, 0.29) is 5.97 Å². The molecule has 1 N–H and O–H groups in total. The third kappa shape index (κ3) is 2.79. The maximum atomic E-state index is 12.1. The SMILES string of the molecule is C=CCNC(C)(C(=O)OC)c1ccc(C)cc1C. The first kappa shape index (κ1) is 14.5. The van der Waals surface area contributed by atoms with Crippen LogP contribution < -0.4 is 5.32 Å². The van der Waals surface area contributed by atoms with Gasteiger partial charge in [0.25, 0.3) is 0 Å². The van der Waals surface area contributed by atoms with E-state index in [0.717, 1.165) is 11.1 Å². The standard InChI is InChI=1S/C15H21NO2/c1-6-9-16-15(4,14(17)18-5)13-8-7-11(2)10-12(13)3/h6-8,10,16H,1,9H2,2-5H3. The van der Waals surface area contributed by atoms with Crippen molar-refractivity contribution in [1.29, 1.82) is 0 Å². The first-order valence-corrected chi connectivity index (χ1v) is 5.97. The minimum absolute atomic E-state index is 0.295. The number of ether oxygens (including phenoxy) is 1. The Morgan fingerprint density at radius 3 is 2.67 bits per heavy atom. The molecule has 0 aliphatic rings. The van der Waals surface area contributed by atoms with Gasteiger partial charge in [-0.05, 0) is 31.9 Å². The normalized spacial score (nSPS) is 13.8. The van der Waals surface area contributed by atoms with Crippen LogP contribution in [0.3, 0.4) is 0 Å². The van der Waals surface area contributed by atoms with Crippen molar-refractivity contribution in [3.8, 4) is 0 Å². The zero-order chi connectivity index (χ0) is 13.8. The van der Waals surface area contributed by atoms with Crippen LogP contribution in [0.25, 0.3) is 0 Å². The highest BCUT2D eigenvalue weighted by Gasteiger charge is 2.36. The van der Waals surface area contributed by atoms with Gasteiger partial charge in [0.15, 0.2) is 0 Å². The summed E-state index contributed by atoms with van der Waals surface area (Å²) < 4.78 is 4.92. The molecule has 0 aliphatic carbocycles. The van der Waals surface area contributed by atoms with Crippen LogP contribution in [-0.2, 0) is 15.1 Å². The lowest BCUT2D eigenvalue weighted by Gasteiger charge is -2.29. The smallest absolute Gasteiger partial charge is 0.330 e. The Morgan fingerprint density at radius 2 is 2.17 bits per heavy atom. The van der Waals surface area contributed by atoms with Gasteiger partial charge in [-0.1, -0.05) is 29.8 Å². The first-order chi connectivity index (χ1) is 8.45. The molecule has 0 heterocycles. The van der Waals surface area contributed by atoms with Gasteiger partial charge < -0.3 is 4.74 Å². The summed E-state index contributed by atoms with van der Waals surface area (Å²) in [5.41, 5.74) is 2.33. The number of esters is 1. The summed E-state index contributed by atoms with van der Waals surface area (Å²) in [6, 6.07) is 6.03. The van der Waals surface area contributed by atoms with Crippen LogP contribution in [0.4, 0.5) is 0 Å². The third-order valence-corrected chi connectivity index (χ3v) is 3.11. The Morgan fingerprint density at radius 1 is 1.50 bits per heavy atom. The van der Waals surface area contributed by atoms with E-state index in [4.69, 9.17) is 4.74 Å². The highest BCUT2D eigenvalue weighted by atomic mass is 16.5. The molecule has 0 saturated heterocycles. The molecule has 0 fully saturated rings. The molecule has 1 atom stereocenters. The summed E-state index contributed by atoms with van der Waals surface area (Å²) >= 11 is 0. The van der Waals surface area contributed by atoms with Gasteiger partial charge >= 0.3 is 5.97 Å². The van der Waals surface area contributed by atoms with Crippen molar-refractivity contribution in [3.05, 3.63) is 47.5 Å². The van der Waals surface area contributed by atoms with Crippen LogP contribution >= 0.6 is 0 Å². The second-order valence-corrected chi connectivity index (χ2v) is 4.60. The lowest BCUT2D eigenvalue weighted by Crippen LogP contribution is -2.48. The Kier molecular flexibility index (Phi) is 4.68. The number of hydrogen-bond acceptors (Lipinski definition) is 3. The van der Waals surface area contributed by atoms with E-state index in [2.05, 4.69) is 18.0 Å². The highest BCUT2D eigenvalue weighted by Crippen LogP contribution is 2.26. The number of methoxy groups -OCH3 is 1. The molecule has 1 rings (SSSR count). The van der Waals surface area contributed by atoms with Crippen molar-refractivity contribution in [2.45, 2.75) is 26.3 Å². The van der Waals surface area contributed by atoms with Crippen molar-refractivity contribution in [2.75, 3.05) is 13.7 Å². The Balaban J connectivity index is 3.24. The second-order valence-electron chi connectivity index (χ2n) is 4.60. The van der Waals surface area contributed by atoms with Gasteiger partial charge in [-0.25, -0.2) is 4.79 Å². The Bertz CT molecular complexity index is 454. The molecule has 0 spiro atoms. The Labute approximate surface area is 109 Å². The summed E-state index contributed by atoms with van der Waals surface area (Å²) in [6.07, 6.45) is 1.73. The third-order valence-electron chi connectivity index (χ3n) is 3.11. The molecule has 0 bridgehead atoms. The number of aryl methyl sites for hydroxylation is 2. The van der Waals surface area contributed by atoms with Gasteiger partial charge in [0, 0.05) is 6.54 Å². The molecule has 98 valence electrons. The molecule has 0 saturated carbocycles. The molecule has 1 aromatic carbocycles. The summed E-state index contributed by atoms with van der Waals surface area (Å²) in [5.74, 6) is -0.295. The minimum atomic E-state index is -0.847. The first-order valence-electron chi connectivity index (χ1n) is 5.97. The number of benzene rings is 1. The quantitative estimate of drug-likeness (QED) is 0.641. The molecular formula is C15H21NO2. The molecule has 3 heteroatoms. The van der Waals surface area contributed by atoms with E-state index in [1.54, 1.807) is 6.08 Å². The minimum Gasteiger partial charge on any atom is -0.467 e. The van der Waals surface area contributed by atoms with E-state index >= 15 is 0 Å². The predicted molar refractivity (Wildman–Crippen MR) is 73.5 cm³/mol. The molecule has 0 aliphatic heterocycles. The lowest BCUT2D eigenvalue weighted by molar-refractivity contribution is -0.148. The number of nitrogens with one attached hydrogen (secondary N) is 1. The average molecular weight is 247 g/mol. The van der Waals surface area contributed by atoms with E-state index < -0.39 is 5.54 Å². The molecule has 0 aromatic heterocycles. The van der Waals surface area contributed by atoms with Crippen molar-refractivity contribution in [1.82, 2.24) is 5.32 Å². The fourth-order valence-corrected chi connectivity index (χ4v) is 2.13. The predicted octanol–water partition coefficient (Wildman–Crippen LogP) is 2.47. The monoisotopic (exact) mass is 247 g/mol. The molecule has 18 heavy (non-hydrogen) atoms.